The van der Waals surface area contributed by atoms with E-state index in [1.54, 1.807) is 13.8 Å². The fraction of sp³-hybridized carbons (Fsp3) is 0.200. The van der Waals surface area contributed by atoms with E-state index in [1.807, 2.05) is 6.07 Å². The second kappa shape index (κ2) is 6.14. The number of hydrogen-bond acceptors (Lipinski definition) is 5. The third-order valence-corrected chi connectivity index (χ3v) is 3.78. The Bertz CT molecular complexity index is 890. The highest BCUT2D eigenvalue weighted by atomic mass is 32.2. The molecule has 2 N–H and O–H groups in total. The number of rotatable bonds is 4. The fourth-order valence-electron chi connectivity index (χ4n) is 1.93. The molecule has 23 heavy (non-hydrogen) atoms. The first kappa shape index (κ1) is 16.6. The first-order valence-corrected chi connectivity index (χ1v) is 8.49. The zero-order chi connectivity index (χ0) is 17.2. The number of nitriles is 1. The van der Waals surface area contributed by atoms with E-state index < -0.39 is 15.9 Å². The number of carbonyl (C=O) groups is 1. The first-order valence-electron chi connectivity index (χ1n) is 6.60. The van der Waals surface area contributed by atoms with Crippen molar-refractivity contribution in [3.8, 4) is 6.07 Å². The molecule has 0 aliphatic carbocycles. The van der Waals surface area contributed by atoms with E-state index in [1.165, 1.54) is 24.3 Å². The van der Waals surface area contributed by atoms with Gasteiger partial charge >= 0.3 is 0 Å². The Kier molecular flexibility index (Phi) is 4.43. The average molecular weight is 333 g/mol. The van der Waals surface area contributed by atoms with Crippen molar-refractivity contribution in [2.24, 2.45) is 0 Å². The zero-order valence-corrected chi connectivity index (χ0v) is 13.6. The molecule has 0 aliphatic heterocycles. The topological polar surface area (TPSA) is 112 Å². The van der Waals surface area contributed by atoms with Gasteiger partial charge in [0.25, 0.3) is 5.91 Å². The molecule has 0 spiro atoms. The van der Waals surface area contributed by atoms with Gasteiger partial charge in [-0.1, -0.05) is 0 Å². The van der Waals surface area contributed by atoms with Gasteiger partial charge in [-0.3, -0.25) is 14.8 Å². The van der Waals surface area contributed by atoms with E-state index in [0.29, 0.717) is 22.6 Å². The van der Waals surface area contributed by atoms with Crippen molar-refractivity contribution in [2.75, 3.05) is 16.3 Å². The van der Waals surface area contributed by atoms with Crippen molar-refractivity contribution in [2.45, 2.75) is 13.8 Å². The molecule has 0 atom stereocenters. The number of benzene rings is 1. The van der Waals surface area contributed by atoms with Crippen LogP contribution in [0, 0.1) is 25.2 Å². The summed E-state index contributed by atoms with van der Waals surface area (Å²) in [7, 11) is -3.37. The largest absolute Gasteiger partial charge is 0.444 e. The summed E-state index contributed by atoms with van der Waals surface area (Å²) in [6, 6.07) is 7.87. The van der Waals surface area contributed by atoms with E-state index in [-0.39, 0.29) is 11.4 Å². The van der Waals surface area contributed by atoms with Crippen LogP contribution >= 0.6 is 0 Å². The van der Waals surface area contributed by atoms with Gasteiger partial charge in [-0.15, -0.1) is 0 Å². The average Bonchev–Trinajstić information content (AvgIpc) is 2.72. The molecule has 1 aromatic carbocycles. The summed E-state index contributed by atoms with van der Waals surface area (Å²) in [6.07, 6.45) is 1.04. The molecule has 0 unspecified atom stereocenters. The molecule has 0 radical (unpaired) electrons. The molecular weight excluding hydrogens is 318 g/mol. The fourth-order valence-corrected chi connectivity index (χ4v) is 2.49. The molecule has 1 amide bonds. The van der Waals surface area contributed by atoms with Crippen LogP contribution in [0.25, 0.3) is 0 Å². The molecule has 7 nitrogen and oxygen atoms in total. The Labute approximate surface area is 134 Å². The standard InChI is InChI=1S/C15H15N3O4S/c1-9-10(2)22-15(13(9)8-16)17-14(19)11-4-6-12(7-5-11)18-23(3,20)21/h4-7,18H,1-3H3,(H,17,19). The molecule has 1 aromatic heterocycles. The smallest absolute Gasteiger partial charge is 0.258 e. The highest BCUT2D eigenvalue weighted by Crippen LogP contribution is 2.25. The van der Waals surface area contributed by atoms with E-state index in [4.69, 9.17) is 9.68 Å². The summed E-state index contributed by atoms with van der Waals surface area (Å²) in [4.78, 5) is 12.2. The van der Waals surface area contributed by atoms with Crippen LogP contribution in [0.5, 0.6) is 0 Å². The lowest BCUT2D eigenvalue weighted by atomic mass is 10.1. The van der Waals surface area contributed by atoms with Gasteiger partial charge in [0.15, 0.2) is 0 Å². The maximum atomic E-state index is 12.2. The number of hydrogen-bond donors (Lipinski definition) is 2. The van der Waals surface area contributed by atoms with Crippen molar-refractivity contribution in [3.63, 3.8) is 0 Å². The number of anilines is 2. The van der Waals surface area contributed by atoms with Crippen molar-refractivity contribution in [3.05, 3.63) is 46.7 Å². The van der Waals surface area contributed by atoms with Gasteiger partial charge in [-0.05, 0) is 38.1 Å². The lowest BCUT2D eigenvalue weighted by Gasteiger charge is -2.06. The SMILES string of the molecule is Cc1oc(NC(=O)c2ccc(NS(C)(=O)=O)cc2)c(C#N)c1C. The number of sulfonamides is 1. The molecule has 0 fully saturated rings. The van der Waals surface area contributed by atoms with E-state index >= 15 is 0 Å². The van der Waals surface area contributed by atoms with Crippen LogP contribution in [0.2, 0.25) is 0 Å². The number of carbonyl (C=O) groups excluding carboxylic acids is 1. The minimum atomic E-state index is -3.37. The van der Waals surface area contributed by atoms with Crippen LogP contribution in [0.3, 0.4) is 0 Å². The molecule has 0 saturated carbocycles. The van der Waals surface area contributed by atoms with Crippen LogP contribution in [-0.2, 0) is 10.0 Å². The highest BCUT2D eigenvalue weighted by Gasteiger charge is 2.17. The molecule has 2 aromatic rings. The van der Waals surface area contributed by atoms with Crippen molar-refractivity contribution >= 4 is 27.5 Å². The van der Waals surface area contributed by atoms with Gasteiger partial charge in [0.1, 0.15) is 17.4 Å². The van der Waals surface area contributed by atoms with Gasteiger partial charge in [-0.2, -0.15) is 5.26 Å². The summed E-state index contributed by atoms with van der Waals surface area (Å²) in [5.41, 5.74) is 1.62. The van der Waals surface area contributed by atoms with Crippen LogP contribution in [0.15, 0.2) is 28.7 Å². The Morgan fingerprint density at radius 3 is 2.35 bits per heavy atom. The molecule has 1 heterocycles. The van der Waals surface area contributed by atoms with E-state index in [0.717, 1.165) is 6.26 Å². The second-order valence-electron chi connectivity index (χ2n) is 5.00. The molecular formula is C15H15N3O4S. The van der Waals surface area contributed by atoms with Crippen molar-refractivity contribution in [1.29, 1.82) is 5.26 Å². The summed E-state index contributed by atoms with van der Waals surface area (Å²) in [5, 5.41) is 11.7. The predicted octanol–water partition coefficient (Wildman–Crippen LogP) is 2.39. The van der Waals surface area contributed by atoms with Gasteiger partial charge in [0, 0.05) is 16.8 Å². The van der Waals surface area contributed by atoms with Crippen LogP contribution in [0.1, 0.15) is 27.2 Å². The van der Waals surface area contributed by atoms with E-state index in [9.17, 15) is 13.2 Å². The van der Waals surface area contributed by atoms with Crippen LogP contribution in [-0.4, -0.2) is 20.6 Å². The zero-order valence-electron chi connectivity index (χ0n) is 12.8. The number of nitrogens with one attached hydrogen (secondary N) is 2. The third-order valence-electron chi connectivity index (χ3n) is 3.17. The van der Waals surface area contributed by atoms with Gasteiger partial charge in [0.05, 0.1) is 6.26 Å². The van der Waals surface area contributed by atoms with Gasteiger partial charge < -0.3 is 4.42 Å². The molecule has 0 bridgehead atoms. The monoisotopic (exact) mass is 333 g/mol. The third kappa shape index (κ3) is 3.90. The summed E-state index contributed by atoms with van der Waals surface area (Å²) < 4.78 is 29.9. The number of furan rings is 1. The van der Waals surface area contributed by atoms with Crippen LogP contribution < -0.4 is 10.0 Å². The number of amides is 1. The Balaban J connectivity index is 2.19. The predicted molar refractivity (Wildman–Crippen MR) is 85.8 cm³/mol. The number of aryl methyl sites for hydroxylation is 1. The van der Waals surface area contributed by atoms with Crippen molar-refractivity contribution < 1.29 is 17.6 Å². The lowest BCUT2D eigenvalue weighted by molar-refractivity contribution is 0.102. The summed E-state index contributed by atoms with van der Waals surface area (Å²) >= 11 is 0. The Morgan fingerprint density at radius 2 is 1.83 bits per heavy atom. The van der Waals surface area contributed by atoms with Crippen LogP contribution in [0.4, 0.5) is 11.6 Å². The minimum Gasteiger partial charge on any atom is -0.444 e. The maximum absolute atomic E-state index is 12.2. The summed E-state index contributed by atoms with van der Waals surface area (Å²) in [6.45, 7) is 3.44. The van der Waals surface area contributed by atoms with Crippen molar-refractivity contribution in [1.82, 2.24) is 0 Å². The van der Waals surface area contributed by atoms with Gasteiger partial charge in [0.2, 0.25) is 15.9 Å². The normalized spacial score (nSPS) is 10.9. The number of nitrogens with zero attached hydrogens (tertiary/aromatic N) is 1. The van der Waals surface area contributed by atoms with E-state index in [2.05, 4.69) is 10.0 Å². The maximum Gasteiger partial charge on any atom is 0.258 e. The molecule has 8 heteroatoms. The molecule has 2 rings (SSSR count). The van der Waals surface area contributed by atoms with Gasteiger partial charge in [-0.25, -0.2) is 8.42 Å². The molecule has 0 saturated heterocycles. The lowest BCUT2D eigenvalue weighted by Crippen LogP contribution is -2.13. The Morgan fingerprint density at radius 1 is 1.22 bits per heavy atom. The quantitative estimate of drug-likeness (QED) is 0.892. The minimum absolute atomic E-state index is 0.103. The summed E-state index contributed by atoms with van der Waals surface area (Å²) in [5.74, 6) is 0.205. The Hall–Kier alpha value is -2.79. The molecule has 0 aliphatic rings. The highest BCUT2D eigenvalue weighted by molar-refractivity contribution is 7.92. The molecule has 120 valence electrons. The second-order valence-corrected chi connectivity index (χ2v) is 6.75. The first-order chi connectivity index (χ1) is 10.7.